The van der Waals surface area contributed by atoms with Gasteiger partial charge in [-0.3, -0.25) is 14.5 Å². The summed E-state index contributed by atoms with van der Waals surface area (Å²) in [6.45, 7) is 8.76. The van der Waals surface area contributed by atoms with Crippen molar-refractivity contribution in [1.82, 2.24) is 29.4 Å². The lowest BCUT2D eigenvalue weighted by atomic mass is 10.0. The number of pyridine rings is 1. The number of nitrogens with one attached hydrogen (secondary N) is 1. The molecule has 0 aliphatic rings. The zero-order valence-corrected chi connectivity index (χ0v) is 28.0. The molecule has 0 fully saturated rings. The molecule has 0 saturated carbocycles. The van der Waals surface area contributed by atoms with E-state index in [1.54, 1.807) is 30.4 Å². The number of methoxy groups -OCH3 is 1. The molecule has 236 valence electrons. The van der Waals surface area contributed by atoms with Crippen molar-refractivity contribution in [3.63, 3.8) is 0 Å². The summed E-state index contributed by atoms with van der Waals surface area (Å²) in [5.74, 6) is 0.369. The molecule has 3 aromatic heterocycles. The Kier molecular flexibility index (Phi) is 10.1. The molecule has 1 unspecified atom stereocenters. The average Bonchev–Trinajstić information content (AvgIpc) is 3.63. The van der Waals surface area contributed by atoms with Crippen molar-refractivity contribution in [2.24, 2.45) is 0 Å². The molecule has 5 aromatic rings. The largest absolute Gasteiger partial charge is 0.495 e. The molecule has 10 nitrogen and oxygen atoms in total. The summed E-state index contributed by atoms with van der Waals surface area (Å²) in [6.07, 6.45) is 7.92. The summed E-state index contributed by atoms with van der Waals surface area (Å²) in [5.41, 5.74) is 4.76. The Bertz CT molecular complexity index is 1730. The molecule has 2 aromatic carbocycles. The topological polar surface area (TPSA) is 99.3 Å². The van der Waals surface area contributed by atoms with Crippen LogP contribution in [0.25, 0.3) is 22.0 Å². The van der Waals surface area contributed by atoms with Gasteiger partial charge in [-0.25, -0.2) is 4.68 Å². The summed E-state index contributed by atoms with van der Waals surface area (Å²) in [4.78, 5) is 20.2. The Balaban J connectivity index is 1.42. The quantitative estimate of drug-likeness (QED) is 0.112. The number of nitrogens with zero attached hydrogens (tertiary/aromatic N) is 6. The van der Waals surface area contributed by atoms with E-state index in [1.165, 1.54) is 5.56 Å². The number of hydrogen-bond acceptors (Lipinski definition) is 7. The first kappa shape index (κ1) is 32.1. The summed E-state index contributed by atoms with van der Waals surface area (Å²) in [6, 6.07) is 19.3. The first-order chi connectivity index (χ1) is 21.6. The van der Waals surface area contributed by atoms with E-state index in [-0.39, 0.29) is 18.7 Å². The average molecular weight is 626 g/mol. The zero-order valence-electron chi connectivity index (χ0n) is 27.0. The van der Waals surface area contributed by atoms with E-state index < -0.39 is 8.07 Å². The highest BCUT2D eigenvalue weighted by Gasteiger charge is 2.21. The molecule has 45 heavy (non-hydrogen) atoms. The number of benzene rings is 2. The van der Waals surface area contributed by atoms with E-state index in [9.17, 15) is 4.79 Å². The molecular weight excluding hydrogens is 583 g/mol. The van der Waals surface area contributed by atoms with Gasteiger partial charge in [0.15, 0.2) is 5.69 Å². The van der Waals surface area contributed by atoms with Crippen molar-refractivity contribution < 1.29 is 14.3 Å². The molecule has 0 bridgehead atoms. The van der Waals surface area contributed by atoms with E-state index >= 15 is 0 Å². The summed E-state index contributed by atoms with van der Waals surface area (Å²) < 4.78 is 15.1. The molecule has 0 saturated heterocycles. The van der Waals surface area contributed by atoms with E-state index in [1.807, 2.05) is 53.3 Å². The van der Waals surface area contributed by atoms with Crippen molar-refractivity contribution >= 4 is 30.6 Å². The number of amides is 1. The fourth-order valence-electron chi connectivity index (χ4n) is 5.11. The predicted octanol–water partition coefficient (Wildman–Crippen LogP) is 6.41. The van der Waals surface area contributed by atoms with Crippen molar-refractivity contribution in [2.75, 3.05) is 39.7 Å². The number of anilines is 1. The molecule has 0 aliphatic heterocycles. The third-order valence-electron chi connectivity index (χ3n) is 7.67. The minimum Gasteiger partial charge on any atom is -0.495 e. The van der Waals surface area contributed by atoms with Crippen LogP contribution in [0, 0.1) is 0 Å². The molecular formula is C34H43N7O3Si. The van der Waals surface area contributed by atoms with Crippen molar-refractivity contribution in [3.05, 3.63) is 90.6 Å². The van der Waals surface area contributed by atoms with Crippen molar-refractivity contribution in [2.45, 2.75) is 44.9 Å². The summed E-state index contributed by atoms with van der Waals surface area (Å²) >= 11 is 0. The number of carbonyl (C=O) groups is 1. The van der Waals surface area contributed by atoms with Gasteiger partial charge in [-0.15, -0.1) is 0 Å². The van der Waals surface area contributed by atoms with Gasteiger partial charge in [-0.2, -0.15) is 10.2 Å². The van der Waals surface area contributed by atoms with Crippen LogP contribution in [0.4, 0.5) is 5.69 Å². The van der Waals surface area contributed by atoms with Crippen LogP contribution >= 0.6 is 0 Å². The fraction of sp³-hybridized carbons (Fsp3) is 0.353. The molecule has 1 amide bonds. The van der Waals surface area contributed by atoms with Crippen LogP contribution in [-0.4, -0.2) is 77.8 Å². The zero-order chi connectivity index (χ0) is 32.0. The van der Waals surface area contributed by atoms with Gasteiger partial charge in [-0.05, 0) is 62.4 Å². The van der Waals surface area contributed by atoms with Crippen LogP contribution in [0.3, 0.4) is 0 Å². The van der Waals surface area contributed by atoms with E-state index in [4.69, 9.17) is 14.6 Å². The van der Waals surface area contributed by atoms with E-state index in [2.05, 4.69) is 66.2 Å². The second kappa shape index (κ2) is 14.2. The number of fused-ring (bicyclic) bond motifs is 1. The summed E-state index contributed by atoms with van der Waals surface area (Å²) in [7, 11) is 4.50. The Morgan fingerprint density at radius 3 is 2.56 bits per heavy atom. The van der Waals surface area contributed by atoms with Gasteiger partial charge in [0.2, 0.25) is 0 Å². The van der Waals surface area contributed by atoms with Gasteiger partial charge in [0.25, 0.3) is 5.91 Å². The van der Waals surface area contributed by atoms with E-state index in [0.717, 1.165) is 41.0 Å². The Morgan fingerprint density at radius 2 is 1.82 bits per heavy atom. The Morgan fingerprint density at radius 1 is 1.02 bits per heavy atom. The maximum atomic E-state index is 13.7. The molecule has 11 heteroatoms. The highest BCUT2D eigenvalue weighted by atomic mass is 28.3. The van der Waals surface area contributed by atoms with Crippen LogP contribution in [0.15, 0.2) is 79.4 Å². The van der Waals surface area contributed by atoms with Crippen LogP contribution in [0.5, 0.6) is 5.75 Å². The third kappa shape index (κ3) is 8.24. The number of ether oxygens (including phenoxy) is 2. The lowest BCUT2D eigenvalue weighted by molar-refractivity contribution is 0.0809. The molecule has 1 atom stereocenters. The first-order valence-corrected chi connectivity index (χ1v) is 18.9. The van der Waals surface area contributed by atoms with E-state index in [0.29, 0.717) is 23.7 Å². The van der Waals surface area contributed by atoms with Crippen LogP contribution < -0.4 is 10.1 Å². The minimum atomic E-state index is -1.25. The lowest BCUT2D eigenvalue weighted by Gasteiger charge is -2.20. The highest BCUT2D eigenvalue weighted by molar-refractivity contribution is 6.76. The number of rotatable bonds is 14. The maximum absolute atomic E-state index is 13.7. The van der Waals surface area contributed by atoms with Gasteiger partial charge in [-0.1, -0.05) is 56.0 Å². The van der Waals surface area contributed by atoms with Gasteiger partial charge < -0.3 is 19.7 Å². The van der Waals surface area contributed by atoms with Gasteiger partial charge >= 0.3 is 0 Å². The molecule has 0 aliphatic carbocycles. The van der Waals surface area contributed by atoms with Crippen LogP contribution in [-0.2, 0) is 11.5 Å². The van der Waals surface area contributed by atoms with Crippen LogP contribution in [0.1, 0.15) is 28.5 Å². The standard InChI is InChI=1S/C34H43N7O3Si/c1-39(2)15-14-31(25-10-8-7-9-11-25)40-23-28(21-36-40)37-34(42)33-30-13-12-26(27-18-29(43-3)22-35-20-27)19-32(30)41(38-33)24-44-16-17-45(4,5)6/h7-13,18-23,31H,14-17,24H2,1-6H3,(H,37,42). The number of hydrogen-bond donors (Lipinski definition) is 1. The maximum Gasteiger partial charge on any atom is 0.276 e. The number of carbonyl (C=O) groups excluding carboxylic acids is 1. The lowest BCUT2D eigenvalue weighted by Crippen LogP contribution is -2.22. The molecule has 3 heterocycles. The first-order valence-electron chi connectivity index (χ1n) is 15.2. The minimum absolute atomic E-state index is 0.0390. The smallest absolute Gasteiger partial charge is 0.276 e. The second-order valence-corrected chi connectivity index (χ2v) is 18.3. The van der Waals surface area contributed by atoms with Crippen LogP contribution in [0.2, 0.25) is 25.7 Å². The predicted molar refractivity (Wildman–Crippen MR) is 182 cm³/mol. The molecule has 0 spiro atoms. The molecule has 5 rings (SSSR count). The second-order valence-electron chi connectivity index (χ2n) is 12.7. The van der Waals surface area contributed by atoms with Crippen molar-refractivity contribution in [3.8, 4) is 16.9 Å². The highest BCUT2D eigenvalue weighted by Crippen LogP contribution is 2.29. The number of aromatic nitrogens is 5. The SMILES string of the molecule is COc1cncc(-c2ccc3c(C(=O)Nc4cnn(C(CCN(C)C)c5ccccc5)c4)nn(COCC[Si](C)(C)C)c3c2)c1. The third-order valence-corrected chi connectivity index (χ3v) is 9.38. The fourth-order valence-corrected chi connectivity index (χ4v) is 5.86. The van der Waals surface area contributed by atoms with Gasteiger partial charge in [0, 0.05) is 38.0 Å². The normalized spacial score (nSPS) is 12.5. The van der Waals surface area contributed by atoms with Gasteiger partial charge in [0.1, 0.15) is 12.5 Å². The van der Waals surface area contributed by atoms with Crippen molar-refractivity contribution in [1.29, 1.82) is 0 Å². The molecule has 0 radical (unpaired) electrons. The summed E-state index contributed by atoms with van der Waals surface area (Å²) in [5, 5.41) is 13.2. The Hall–Kier alpha value is -4.32. The Labute approximate surface area is 266 Å². The monoisotopic (exact) mass is 625 g/mol. The molecule has 1 N–H and O–H groups in total. The van der Waals surface area contributed by atoms with Gasteiger partial charge in [0.05, 0.1) is 36.7 Å².